The molecular weight excluding hydrogens is 773 g/mol. The highest BCUT2D eigenvalue weighted by Crippen LogP contribution is 2.48. The molecule has 0 unspecified atom stereocenters. The molecule has 14 rings (SSSR count). The highest BCUT2D eigenvalue weighted by atomic mass is 15.0. The molecule has 2 heterocycles. The molecule has 296 valence electrons. The Balaban J connectivity index is 0.818. The quantitative estimate of drug-likeness (QED) is 0.164. The van der Waals surface area contributed by atoms with Crippen molar-refractivity contribution in [2.45, 2.75) is 0 Å². The molecule has 1 aliphatic carbocycles. The smallest absolute Gasteiger partial charge is 0.0619 e. The molecular formula is C62H38N2. The molecule has 0 atom stereocenters. The molecule has 2 aromatic heterocycles. The first-order valence-corrected chi connectivity index (χ1v) is 22.2. The number of rotatable bonds is 5. The zero-order chi connectivity index (χ0) is 41.9. The third-order valence-electron chi connectivity index (χ3n) is 13.9. The van der Waals surface area contributed by atoms with Crippen molar-refractivity contribution in [3.05, 3.63) is 231 Å². The highest BCUT2D eigenvalue weighted by molar-refractivity contribution is 6.19. The number of nitrogens with zero attached hydrogens (tertiary/aromatic N) is 2. The van der Waals surface area contributed by atoms with Crippen LogP contribution in [0.4, 0.5) is 0 Å². The first-order chi connectivity index (χ1) is 31.7. The second kappa shape index (κ2) is 13.5. The molecule has 0 bridgehead atoms. The lowest BCUT2D eigenvalue weighted by atomic mass is 9.96. The SMILES string of the molecule is c1ccc(-n2c3cc(-c4ccc5c(c4)c4ccccc4n5-c4ccc(-c5ccc(-c6ccc7c(c6)-c6cccc8cccc-7c68)cc5)cc4)ccc3c3ccc4ccccc4c32)cc1. The van der Waals surface area contributed by atoms with Crippen molar-refractivity contribution < 1.29 is 0 Å². The minimum Gasteiger partial charge on any atom is -0.309 e. The second-order valence-corrected chi connectivity index (χ2v) is 17.3. The van der Waals surface area contributed by atoms with Crippen LogP contribution in [0.2, 0.25) is 0 Å². The molecule has 0 fully saturated rings. The van der Waals surface area contributed by atoms with E-state index in [2.05, 4.69) is 240 Å². The minimum atomic E-state index is 1.15. The van der Waals surface area contributed by atoms with Crippen LogP contribution in [-0.4, -0.2) is 9.13 Å². The molecule has 0 N–H and O–H groups in total. The van der Waals surface area contributed by atoms with Crippen LogP contribution >= 0.6 is 0 Å². The molecule has 1 aliphatic rings. The van der Waals surface area contributed by atoms with Gasteiger partial charge in [0.1, 0.15) is 0 Å². The van der Waals surface area contributed by atoms with Gasteiger partial charge < -0.3 is 9.13 Å². The van der Waals surface area contributed by atoms with E-state index in [0.29, 0.717) is 0 Å². The highest BCUT2D eigenvalue weighted by Gasteiger charge is 2.22. The summed E-state index contributed by atoms with van der Waals surface area (Å²) in [5.41, 5.74) is 19.8. The topological polar surface area (TPSA) is 9.86 Å². The van der Waals surface area contributed by atoms with Gasteiger partial charge in [0.05, 0.1) is 22.1 Å². The third-order valence-corrected chi connectivity index (χ3v) is 13.9. The number of hydrogen-bond acceptors (Lipinski definition) is 0. The summed E-state index contributed by atoms with van der Waals surface area (Å²) in [5.74, 6) is 0. The van der Waals surface area contributed by atoms with Crippen LogP contribution in [0.15, 0.2) is 231 Å². The number of hydrogen-bond donors (Lipinski definition) is 0. The summed E-state index contributed by atoms with van der Waals surface area (Å²) in [6, 6.07) is 85.2. The molecule has 0 aliphatic heterocycles. The van der Waals surface area contributed by atoms with Crippen LogP contribution in [0.1, 0.15) is 0 Å². The molecule has 0 amide bonds. The fourth-order valence-corrected chi connectivity index (χ4v) is 10.9. The predicted octanol–water partition coefficient (Wildman–Crippen LogP) is 16.8. The minimum absolute atomic E-state index is 1.15. The van der Waals surface area contributed by atoms with E-state index in [-0.39, 0.29) is 0 Å². The zero-order valence-electron chi connectivity index (χ0n) is 34.8. The zero-order valence-corrected chi connectivity index (χ0v) is 34.8. The van der Waals surface area contributed by atoms with Gasteiger partial charge in [-0.3, -0.25) is 0 Å². The van der Waals surface area contributed by atoms with E-state index in [1.165, 1.54) is 121 Å². The van der Waals surface area contributed by atoms with Crippen molar-refractivity contribution in [2.24, 2.45) is 0 Å². The van der Waals surface area contributed by atoms with E-state index in [1.54, 1.807) is 0 Å². The molecule has 0 radical (unpaired) electrons. The van der Waals surface area contributed by atoms with E-state index in [0.717, 1.165) is 11.4 Å². The van der Waals surface area contributed by atoms with Crippen molar-refractivity contribution >= 4 is 65.2 Å². The van der Waals surface area contributed by atoms with Gasteiger partial charge in [-0.15, -0.1) is 0 Å². The lowest BCUT2D eigenvalue weighted by Crippen LogP contribution is -1.94. The van der Waals surface area contributed by atoms with Crippen molar-refractivity contribution in [2.75, 3.05) is 0 Å². The number of fused-ring (bicyclic) bond motifs is 11. The van der Waals surface area contributed by atoms with Gasteiger partial charge in [0.15, 0.2) is 0 Å². The van der Waals surface area contributed by atoms with E-state index in [4.69, 9.17) is 0 Å². The monoisotopic (exact) mass is 810 g/mol. The predicted molar refractivity (Wildman–Crippen MR) is 271 cm³/mol. The van der Waals surface area contributed by atoms with Crippen molar-refractivity contribution in [1.29, 1.82) is 0 Å². The summed E-state index contributed by atoms with van der Waals surface area (Å²) in [5, 5.41) is 10.2. The van der Waals surface area contributed by atoms with Gasteiger partial charge in [0.2, 0.25) is 0 Å². The van der Waals surface area contributed by atoms with E-state index >= 15 is 0 Å². The lowest BCUT2D eigenvalue weighted by Gasteiger charge is -2.11. The Morgan fingerprint density at radius 1 is 0.234 bits per heavy atom. The van der Waals surface area contributed by atoms with Gasteiger partial charge in [-0.25, -0.2) is 0 Å². The van der Waals surface area contributed by atoms with Crippen LogP contribution in [-0.2, 0) is 0 Å². The van der Waals surface area contributed by atoms with Gasteiger partial charge in [0.25, 0.3) is 0 Å². The molecule has 0 spiro atoms. The maximum atomic E-state index is 2.45. The summed E-state index contributed by atoms with van der Waals surface area (Å²) in [7, 11) is 0. The third kappa shape index (κ3) is 5.14. The Kier molecular flexibility index (Phi) is 7.43. The number of benzene rings is 11. The Morgan fingerprint density at radius 2 is 0.781 bits per heavy atom. The second-order valence-electron chi connectivity index (χ2n) is 17.3. The molecule has 13 aromatic rings. The fraction of sp³-hybridized carbons (Fsp3) is 0. The van der Waals surface area contributed by atoms with Crippen LogP contribution in [0, 0.1) is 0 Å². The van der Waals surface area contributed by atoms with E-state index < -0.39 is 0 Å². The first kappa shape index (κ1) is 35.2. The summed E-state index contributed by atoms with van der Waals surface area (Å²) < 4.78 is 4.86. The van der Waals surface area contributed by atoms with Crippen molar-refractivity contribution in [1.82, 2.24) is 9.13 Å². The lowest BCUT2D eigenvalue weighted by molar-refractivity contribution is 1.18. The Morgan fingerprint density at radius 3 is 1.59 bits per heavy atom. The molecule has 2 heteroatoms. The largest absolute Gasteiger partial charge is 0.309 e. The summed E-state index contributed by atoms with van der Waals surface area (Å²) in [6.45, 7) is 0. The molecule has 11 aromatic carbocycles. The van der Waals surface area contributed by atoms with Gasteiger partial charge >= 0.3 is 0 Å². The average molecular weight is 811 g/mol. The summed E-state index contributed by atoms with van der Waals surface area (Å²) in [6.07, 6.45) is 0. The van der Waals surface area contributed by atoms with Gasteiger partial charge in [-0.2, -0.15) is 0 Å². The number of aromatic nitrogens is 2. The van der Waals surface area contributed by atoms with Crippen LogP contribution in [0.5, 0.6) is 0 Å². The average Bonchev–Trinajstić information content (AvgIpc) is 4.00. The summed E-state index contributed by atoms with van der Waals surface area (Å²) >= 11 is 0. The van der Waals surface area contributed by atoms with Crippen molar-refractivity contribution in [3.8, 4) is 67.0 Å². The van der Waals surface area contributed by atoms with Crippen LogP contribution in [0.3, 0.4) is 0 Å². The number of para-hydroxylation sites is 2. The van der Waals surface area contributed by atoms with Crippen LogP contribution in [0.25, 0.3) is 132 Å². The van der Waals surface area contributed by atoms with Crippen LogP contribution < -0.4 is 0 Å². The molecule has 2 nitrogen and oxygen atoms in total. The maximum Gasteiger partial charge on any atom is 0.0619 e. The van der Waals surface area contributed by atoms with E-state index in [9.17, 15) is 0 Å². The van der Waals surface area contributed by atoms with Crippen molar-refractivity contribution in [3.63, 3.8) is 0 Å². The molecule has 64 heavy (non-hydrogen) atoms. The fourth-order valence-electron chi connectivity index (χ4n) is 10.9. The van der Waals surface area contributed by atoms with Gasteiger partial charge in [-0.05, 0) is 126 Å². The van der Waals surface area contributed by atoms with E-state index in [1.807, 2.05) is 0 Å². The Bertz CT molecular complexity index is 4030. The summed E-state index contributed by atoms with van der Waals surface area (Å²) in [4.78, 5) is 0. The Labute approximate surface area is 370 Å². The molecule has 0 saturated heterocycles. The first-order valence-electron chi connectivity index (χ1n) is 22.2. The molecule has 0 saturated carbocycles. The maximum absolute atomic E-state index is 2.45. The standard InChI is InChI=1S/C62H38N2/c1-2-13-47(14-3-1)64-60-38-46(28-33-52(60)55-34-26-42-10-4-5-15-49(42)62(55)64)45-29-35-59-57(37-45)51-16-6-7-19-58(51)63(59)48-30-24-40(25-31-48)39-20-22-41(23-21-39)44-27-32-50-53-17-8-11-43-12-9-18-54(61(43)53)56(50)36-44/h1-38H. The Hall–Kier alpha value is -8.46. The van der Waals surface area contributed by atoms with Gasteiger partial charge in [0, 0.05) is 38.3 Å². The van der Waals surface area contributed by atoms with Gasteiger partial charge in [-0.1, -0.05) is 176 Å². The normalized spacial score (nSPS) is 12.1.